The summed E-state index contributed by atoms with van der Waals surface area (Å²) < 4.78 is 5.40. The Morgan fingerprint density at radius 3 is 2.74 bits per heavy atom. The highest BCUT2D eigenvalue weighted by atomic mass is 35.5. The third-order valence-corrected chi connectivity index (χ3v) is 4.11. The predicted octanol–water partition coefficient (Wildman–Crippen LogP) is 2.70. The summed E-state index contributed by atoms with van der Waals surface area (Å²) in [4.78, 5) is 11.1. The average molecular weight is 284 g/mol. The number of carboxylic acids is 1. The molecule has 1 aliphatic heterocycles. The van der Waals surface area contributed by atoms with Crippen molar-refractivity contribution >= 4 is 17.6 Å². The zero-order chi connectivity index (χ0) is 14.2. The quantitative estimate of drug-likeness (QED) is 0.895. The number of carbonyl (C=O) groups is 1. The molecule has 2 unspecified atom stereocenters. The standard InChI is InChI=1S/C14H18ClNO3/c1-7-4-10(15)13(19-3)12(8(7)2)11-5-9(6-16-11)14(17)18/h4,9,11,16H,5-6H2,1-3H3,(H,17,18). The molecule has 1 aliphatic rings. The summed E-state index contributed by atoms with van der Waals surface area (Å²) in [6.07, 6.45) is 0.562. The van der Waals surface area contributed by atoms with Crippen LogP contribution in [0.5, 0.6) is 5.75 Å². The maximum atomic E-state index is 11.1. The summed E-state index contributed by atoms with van der Waals surface area (Å²) in [5.74, 6) is -0.466. The molecule has 2 N–H and O–H groups in total. The van der Waals surface area contributed by atoms with Crippen molar-refractivity contribution in [2.24, 2.45) is 5.92 Å². The average Bonchev–Trinajstić information content (AvgIpc) is 2.82. The minimum absolute atomic E-state index is 0.0200. The van der Waals surface area contributed by atoms with Crippen LogP contribution in [-0.2, 0) is 4.79 Å². The molecule has 0 amide bonds. The van der Waals surface area contributed by atoms with E-state index in [-0.39, 0.29) is 12.0 Å². The molecule has 1 aromatic rings. The normalized spacial score (nSPS) is 22.5. The molecular weight excluding hydrogens is 266 g/mol. The molecule has 1 fully saturated rings. The Balaban J connectivity index is 2.42. The van der Waals surface area contributed by atoms with E-state index in [0.717, 1.165) is 16.7 Å². The number of rotatable bonds is 3. The van der Waals surface area contributed by atoms with Gasteiger partial charge < -0.3 is 15.2 Å². The molecule has 1 heterocycles. The maximum Gasteiger partial charge on any atom is 0.307 e. The van der Waals surface area contributed by atoms with E-state index in [9.17, 15) is 4.79 Å². The van der Waals surface area contributed by atoms with Crippen LogP contribution in [0, 0.1) is 19.8 Å². The highest BCUT2D eigenvalue weighted by Crippen LogP contribution is 2.40. The number of hydrogen-bond donors (Lipinski definition) is 2. The molecule has 104 valence electrons. The number of ether oxygens (including phenoxy) is 1. The number of benzene rings is 1. The Morgan fingerprint density at radius 2 is 2.21 bits per heavy atom. The van der Waals surface area contributed by atoms with Crippen molar-refractivity contribution in [2.45, 2.75) is 26.3 Å². The minimum Gasteiger partial charge on any atom is -0.495 e. The van der Waals surface area contributed by atoms with Gasteiger partial charge in [0.2, 0.25) is 0 Å². The van der Waals surface area contributed by atoms with Crippen molar-refractivity contribution in [3.63, 3.8) is 0 Å². The molecule has 1 saturated heterocycles. The van der Waals surface area contributed by atoms with Crippen molar-refractivity contribution < 1.29 is 14.6 Å². The Morgan fingerprint density at radius 1 is 1.53 bits per heavy atom. The van der Waals surface area contributed by atoms with Gasteiger partial charge in [0.15, 0.2) is 0 Å². The molecule has 0 bridgehead atoms. The molecular formula is C14H18ClNO3. The van der Waals surface area contributed by atoms with Crippen molar-refractivity contribution in [1.82, 2.24) is 5.32 Å². The van der Waals surface area contributed by atoms with Gasteiger partial charge in [0.25, 0.3) is 0 Å². The fraction of sp³-hybridized carbons (Fsp3) is 0.500. The topological polar surface area (TPSA) is 58.6 Å². The van der Waals surface area contributed by atoms with Gasteiger partial charge in [-0.15, -0.1) is 0 Å². The lowest BCUT2D eigenvalue weighted by Crippen LogP contribution is -2.18. The summed E-state index contributed by atoms with van der Waals surface area (Å²) in [5, 5.41) is 12.9. The van der Waals surface area contributed by atoms with Gasteiger partial charge in [-0.05, 0) is 37.5 Å². The van der Waals surface area contributed by atoms with E-state index in [0.29, 0.717) is 23.7 Å². The molecule has 4 nitrogen and oxygen atoms in total. The second-order valence-corrected chi connectivity index (χ2v) is 5.39. The Bertz CT molecular complexity index is 516. The van der Waals surface area contributed by atoms with E-state index in [1.54, 1.807) is 7.11 Å². The number of hydrogen-bond acceptors (Lipinski definition) is 3. The molecule has 0 aliphatic carbocycles. The Kier molecular flexibility index (Phi) is 4.02. The summed E-state index contributed by atoms with van der Waals surface area (Å²) in [7, 11) is 1.59. The summed E-state index contributed by atoms with van der Waals surface area (Å²) in [6, 6.07) is 1.86. The van der Waals surface area contributed by atoms with Crippen molar-refractivity contribution in [3.05, 3.63) is 27.8 Å². The van der Waals surface area contributed by atoms with E-state index >= 15 is 0 Å². The fourth-order valence-electron chi connectivity index (χ4n) is 2.65. The smallest absolute Gasteiger partial charge is 0.307 e. The summed E-state index contributed by atoms with van der Waals surface area (Å²) in [5.41, 5.74) is 3.17. The molecule has 0 saturated carbocycles. The van der Waals surface area contributed by atoms with Crippen LogP contribution in [0.2, 0.25) is 5.02 Å². The first-order chi connectivity index (χ1) is 8.95. The van der Waals surface area contributed by atoms with Gasteiger partial charge in [0.05, 0.1) is 18.1 Å². The summed E-state index contributed by atoms with van der Waals surface area (Å²) in [6.45, 7) is 4.49. The fourth-order valence-corrected chi connectivity index (χ4v) is 2.99. The van der Waals surface area contributed by atoms with Gasteiger partial charge in [0, 0.05) is 18.2 Å². The van der Waals surface area contributed by atoms with E-state index in [4.69, 9.17) is 21.4 Å². The number of aryl methyl sites for hydroxylation is 1. The number of carboxylic acid groups (broad SMARTS) is 1. The molecule has 0 radical (unpaired) electrons. The van der Waals surface area contributed by atoms with Crippen LogP contribution in [0.25, 0.3) is 0 Å². The van der Waals surface area contributed by atoms with Gasteiger partial charge in [-0.2, -0.15) is 0 Å². The van der Waals surface area contributed by atoms with Crippen molar-refractivity contribution in [3.8, 4) is 5.75 Å². The molecule has 2 rings (SSSR count). The lowest BCUT2D eigenvalue weighted by molar-refractivity contribution is -0.141. The van der Waals surface area contributed by atoms with Crippen LogP contribution >= 0.6 is 11.6 Å². The summed E-state index contributed by atoms with van der Waals surface area (Å²) >= 11 is 6.22. The van der Waals surface area contributed by atoms with Gasteiger partial charge in [0.1, 0.15) is 5.75 Å². The molecule has 0 spiro atoms. The Hall–Kier alpha value is -1.26. The molecule has 1 aromatic carbocycles. The predicted molar refractivity (Wildman–Crippen MR) is 74.0 cm³/mol. The van der Waals surface area contributed by atoms with Crippen LogP contribution in [0.4, 0.5) is 0 Å². The third kappa shape index (κ3) is 2.55. The maximum absolute atomic E-state index is 11.1. The Labute approximate surface area is 117 Å². The molecule has 19 heavy (non-hydrogen) atoms. The third-order valence-electron chi connectivity index (χ3n) is 3.83. The van der Waals surface area contributed by atoms with E-state index in [1.807, 2.05) is 19.9 Å². The van der Waals surface area contributed by atoms with Crippen LogP contribution in [0.1, 0.15) is 29.2 Å². The minimum atomic E-state index is -0.759. The van der Waals surface area contributed by atoms with Gasteiger partial charge in [-0.3, -0.25) is 4.79 Å². The number of nitrogens with one attached hydrogen (secondary N) is 1. The molecule has 5 heteroatoms. The van der Waals surface area contributed by atoms with Crippen molar-refractivity contribution in [1.29, 1.82) is 0 Å². The number of aliphatic carboxylic acids is 1. The second-order valence-electron chi connectivity index (χ2n) is 4.98. The lowest BCUT2D eigenvalue weighted by atomic mass is 9.93. The van der Waals surface area contributed by atoms with Gasteiger partial charge in [-0.1, -0.05) is 11.6 Å². The van der Waals surface area contributed by atoms with E-state index in [2.05, 4.69) is 5.32 Å². The second kappa shape index (κ2) is 5.39. The first kappa shape index (κ1) is 14.2. The van der Waals surface area contributed by atoms with Crippen LogP contribution in [0.15, 0.2) is 6.07 Å². The molecule has 0 aromatic heterocycles. The van der Waals surface area contributed by atoms with E-state index in [1.165, 1.54) is 0 Å². The first-order valence-electron chi connectivity index (χ1n) is 6.25. The highest BCUT2D eigenvalue weighted by molar-refractivity contribution is 6.32. The van der Waals surface area contributed by atoms with Crippen LogP contribution in [0.3, 0.4) is 0 Å². The van der Waals surface area contributed by atoms with Gasteiger partial charge in [-0.25, -0.2) is 0 Å². The van der Waals surface area contributed by atoms with Gasteiger partial charge >= 0.3 is 5.97 Å². The number of methoxy groups -OCH3 is 1. The molecule has 2 atom stereocenters. The van der Waals surface area contributed by atoms with Crippen LogP contribution in [-0.4, -0.2) is 24.7 Å². The van der Waals surface area contributed by atoms with Crippen molar-refractivity contribution in [2.75, 3.05) is 13.7 Å². The zero-order valence-electron chi connectivity index (χ0n) is 11.3. The SMILES string of the molecule is COc1c(Cl)cc(C)c(C)c1C1CC(C(=O)O)CN1. The highest BCUT2D eigenvalue weighted by Gasteiger charge is 2.33. The largest absolute Gasteiger partial charge is 0.495 e. The lowest BCUT2D eigenvalue weighted by Gasteiger charge is -2.20. The zero-order valence-corrected chi connectivity index (χ0v) is 12.0. The van der Waals surface area contributed by atoms with Crippen LogP contribution < -0.4 is 10.1 Å². The van der Waals surface area contributed by atoms with E-state index < -0.39 is 5.97 Å². The monoisotopic (exact) mass is 283 g/mol. The number of halogens is 1. The first-order valence-corrected chi connectivity index (χ1v) is 6.63.